The highest BCUT2D eigenvalue weighted by atomic mass is 35.5. The Morgan fingerprint density at radius 2 is 1.78 bits per heavy atom. The number of aromatic hydroxyl groups is 1. The first-order valence-electron chi connectivity index (χ1n) is 9.64. The Kier molecular flexibility index (Phi) is 7.32. The zero-order chi connectivity index (χ0) is 22.3. The van der Waals surface area contributed by atoms with E-state index in [1.165, 1.54) is 29.6 Å². The number of amides is 1. The lowest BCUT2D eigenvalue weighted by molar-refractivity contribution is 0.101. The maximum Gasteiger partial charge on any atom is 0.275 e. The second-order valence-electron chi connectivity index (χ2n) is 6.70. The highest BCUT2D eigenvalue weighted by Gasteiger charge is 2.17. The SMILES string of the molecule is O=C(Nc1cccc(O)c1)c1nc(SCc2ccc(Cl)cc2)ncc1Sc1ccccc1. The van der Waals surface area contributed by atoms with Crippen molar-refractivity contribution in [1.29, 1.82) is 0 Å². The summed E-state index contributed by atoms with van der Waals surface area (Å²) in [5.74, 6) is 0.351. The number of aromatic nitrogens is 2. The quantitative estimate of drug-likeness (QED) is 0.232. The minimum Gasteiger partial charge on any atom is -0.508 e. The number of nitrogens with zero attached hydrogens (tertiary/aromatic N) is 2. The monoisotopic (exact) mass is 479 g/mol. The molecule has 0 fully saturated rings. The number of benzene rings is 3. The first kappa shape index (κ1) is 22.2. The molecule has 0 atom stereocenters. The maximum absolute atomic E-state index is 13.1. The van der Waals surface area contributed by atoms with Gasteiger partial charge in [-0.3, -0.25) is 4.79 Å². The van der Waals surface area contributed by atoms with Crippen molar-refractivity contribution in [2.24, 2.45) is 0 Å². The van der Waals surface area contributed by atoms with Crippen molar-refractivity contribution in [3.05, 3.63) is 101 Å². The third-order valence-electron chi connectivity index (χ3n) is 4.30. The number of hydrogen-bond donors (Lipinski definition) is 2. The number of thioether (sulfide) groups is 1. The van der Waals surface area contributed by atoms with E-state index in [0.29, 0.717) is 26.5 Å². The van der Waals surface area contributed by atoms with Gasteiger partial charge in [-0.15, -0.1) is 0 Å². The second kappa shape index (κ2) is 10.5. The van der Waals surface area contributed by atoms with Gasteiger partial charge in [0.2, 0.25) is 0 Å². The minimum atomic E-state index is -0.371. The predicted octanol–water partition coefficient (Wildman–Crippen LogP) is 6.53. The highest BCUT2D eigenvalue weighted by molar-refractivity contribution is 7.99. The number of carbonyl (C=O) groups is 1. The van der Waals surface area contributed by atoms with Crippen molar-refractivity contribution in [2.45, 2.75) is 20.7 Å². The average molecular weight is 480 g/mol. The largest absolute Gasteiger partial charge is 0.508 e. The maximum atomic E-state index is 13.1. The lowest BCUT2D eigenvalue weighted by atomic mass is 10.2. The van der Waals surface area contributed by atoms with E-state index in [-0.39, 0.29) is 17.4 Å². The number of carbonyl (C=O) groups excluding carboxylic acids is 1. The Morgan fingerprint density at radius 3 is 2.53 bits per heavy atom. The molecule has 32 heavy (non-hydrogen) atoms. The molecule has 0 unspecified atom stereocenters. The normalized spacial score (nSPS) is 10.7. The van der Waals surface area contributed by atoms with Crippen LogP contribution < -0.4 is 5.32 Å². The number of anilines is 1. The molecule has 0 aliphatic rings. The fourth-order valence-electron chi connectivity index (χ4n) is 2.78. The zero-order valence-corrected chi connectivity index (χ0v) is 19.1. The molecule has 0 spiro atoms. The minimum absolute atomic E-state index is 0.0728. The lowest BCUT2D eigenvalue weighted by Gasteiger charge is -2.11. The second-order valence-corrected chi connectivity index (χ2v) is 9.19. The first-order chi connectivity index (χ1) is 15.6. The fraction of sp³-hybridized carbons (Fsp3) is 0.0417. The van der Waals surface area contributed by atoms with Gasteiger partial charge < -0.3 is 10.4 Å². The van der Waals surface area contributed by atoms with Gasteiger partial charge in [-0.2, -0.15) is 0 Å². The van der Waals surface area contributed by atoms with Gasteiger partial charge in [0.15, 0.2) is 5.16 Å². The van der Waals surface area contributed by atoms with Gasteiger partial charge in [-0.1, -0.05) is 71.5 Å². The molecule has 0 aliphatic carbocycles. The van der Waals surface area contributed by atoms with Crippen LogP contribution in [-0.2, 0) is 5.75 Å². The van der Waals surface area contributed by atoms with Gasteiger partial charge >= 0.3 is 0 Å². The molecule has 8 heteroatoms. The Morgan fingerprint density at radius 1 is 1.00 bits per heavy atom. The molecule has 4 aromatic rings. The van der Waals surface area contributed by atoms with Crippen LogP contribution in [0.15, 0.2) is 100 Å². The topological polar surface area (TPSA) is 75.1 Å². The molecule has 1 aromatic heterocycles. The van der Waals surface area contributed by atoms with Gasteiger partial charge in [0, 0.05) is 33.6 Å². The molecule has 2 N–H and O–H groups in total. The molecule has 0 saturated heterocycles. The summed E-state index contributed by atoms with van der Waals surface area (Å²) in [5, 5.41) is 13.7. The summed E-state index contributed by atoms with van der Waals surface area (Å²) < 4.78 is 0. The average Bonchev–Trinajstić information content (AvgIpc) is 2.80. The van der Waals surface area contributed by atoms with Crippen molar-refractivity contribution in [3.8, 4) is 5.75 Å². The van der Waals surface area contributed by atoms with Crippen LogP contribution in [0.25, 0.3) is 0 Å². The van der Waals surface area contributed by atoms with E-state index in [1.54, 1.807) is 24.4 Å². The summed E-state index contributed by atoms with van der Waals surface area (Å²) in [4.78, 5) is 23.7. The van der Waals surface area contributed by atoms with Crippen LogP contribution in [0.3, 0.4) is 0 Å². The van der Waals surface area contributed by atoms with E-state index in [0.717, 1.165) is 10.5 Å². The zero-order valence-electron chi connectivity index (χ0n) is 16.7. The molecule has 160 valence electrons. The molecule has 0 radical (unpaired) electrons. The van der Waals surface area contributed by atoms with Gasteiger partial charge in [0.25, 0.3) is 5.91 Å². The molecule has 0 aliphatic heterocycles. The van der Waals surface area contributed by atoms with E-state index in [4.69, 9.17) is 11.6 Å². The van der Waals surface area contributed by atoms with Crippen molar-refractivity contribution in [2.75, 3.05) is 5.32 Å². The van der Waals surface area contributed by atoms with E-state index in [2.05, 4.69) is 15.3 Å². The van der Waals surface area contributed by atoms with Gasteiger partial charge in [0.05, 0.1) is 4.90 Å². The van der Waals surface area contributed by atoms with E-state index >= 15 is 0 Å². The first-order valence-corrected chi connectivity index (χ1v) is 11.8. The van der Waals surface area contributed by atoms with Crippen molar-refractivity contribution in [1.82, 2.24) is 9.97 Å². The number of hydrogen-bond acceptors (Lipinski definition) is 6. The smallest absolute Gasteiger partial charge is 0.275 e. The van der Waals surface area contributed by atoms with Crippen LogP contribution in [0.5, 0.6) is 5.75 Å². The summed E-state index contributed by atoms with van der Waals surface area (Å²) >= 11 is 8.81. The van der Waals surface area contributed by atoms with Crippen LogP contribution >= 0.6 is 35.1 Å². The van der Waals surface area contributed by atoms with Crippen molar-refractivity contribution in [3.63, 3.8) is 0 Å². The molecule has 5 nitrogen and oxygen atoms in total. The van der Waals surface area contributed by atoms with E-state index in [9.17, 15) is 9.90 Å². The van der Waals surface area contributed by atoms with Crippen LogP contribution in [0, 0.1) is 0 Å². The number of phenolic OH excluding ortho intramolecular Hbond substituents is 1. The van der Waals surface area contributed by atoms with E-state index in [1.807, 2.05) is 54.6 Å². The molecule has 0 bridgehead atoms. The Labute approximate surface area is 199 Å². The Hall–Kier alpha value is -3.00. The third-order valence-corrected chi connectivity index (χ3v) is 6.52. The molecular weight excluding hydrogens is 462 g/mol. The molecule has 0 saturated carbocycles. The third kappa shape index (κ3) is 6.03. The van der Waals surface area contributed by atoms with Crippen LogP contribution in [0.1, 0.15) is 16.1 Å². The molecule has 1 amide bonds. The predicted molar refractivity (Wildman–Crippen MR) is 130 cm³/mol. The summed E-state index contributed by atoms with van der Waals surface area (Å²) in [6.45, 7) is 0. The van der Waals surface area contributed by atoms with Gasteiger partial charge in [0.1, 0.15) is 11.4 Å². The Balaban J connectivity index is 1.59. The number of phenols is 1. The van der Waals surface area contributed by atoms with Crippen molar-refractivity contribution >= 4 is 46.7 Å². The summed E-state index contributed by atoms with van der Waals surface area (Å²) in [6.07, 6.45) is 1.67. The van der Waals surface area contributed by atoms with Gasteiger partial charge in [-0.25, -0.2) is 9.97 Å². The molecule has 4 rings (SSSR count). The number of halogens is 1. The molecular formula is C24H18ClN3O2S2. The summed E-state index contributed by atoms with van der Waals surface area (Å²) in [5.41, 5.74) is 1.84. The number of rotatable bonds is 7. The van der Waals surface area contributed by atoms with Crippen LogP contribution in [-0.4, -0.2) is 21.0 Å². The molecule has 1 heterocycles. The van der Waals surface area contributed by atoms with E-state index < -0.39 is 0 Å². The summed E-state index contributed by atoms with van der Waals surface area (Å²) in [7, 11) is 0. The highest BCUT2D eigenvalue weighted by Crippen LogP contribution is 2.31. The van der Waals surface area contributed by atoms with Crippen molar-refractivity contribution < 1.29 is 9.90 Å². The summed E-state index contributed by atoms with van der Waals surface area (Å²) in [6, 6.07) is 23.7. The lowest BCUT2D eigenvalue weighted by Crippen LogP contribution is -2.15. The van der Waals surface area contributed by atoms with Crippen LogP contribution in [0.4, 0.5) is 5.69 Å². The Bertz CT molecular complexity index is 1220. The van der Waals surface area contributed by atoms with Gasteiger partial charge in [-0.05, 0) is 42.0 Å². The fourth-order valence-corrected chi connectivity index (χ4v) is 4.56. The molecule has 3 aromatic carbocycles. The van der Waals surface area contributed by atoms with Crippen LogP contribution in [0.2, 0.25) is 5.02 Å². The number of nitrogens with one attached hydrogen (secondary N) is 1. The standard InChI is InChI=1S/C24H18ClN3O2S2/c25-17-11-9-16(10-12-17)15-31-24-26-14-21(32-20-7-2-1-3-8-20)22(28-24)23(30)27-18-5-4-6-19(29)13-18/h1-14,29H,15H2,(H,27,30).